The predicted molar refractivity (Wildman–Crippen MR) is 108 cm³/mol. The summed E-state index contributed by atoms with van der Waals surface area (Å²) in [5.41, 5.74) is 0. The van der Waals surface area contributed by atoms with Gasteiger partial charge in [-0.05, 0) is 27.7 Å². The number of ether oxygens (including phenoxy) is 3. The van der Waals surface area contributed by atoms with Gasteiger partial charge in [-0.1, -0.05) is 24.3 Å². The van der Waals surface area contributed by atoms with Gasteiger partial charge in [0.15, 0.2) is 0 Å². The fourth-order valence-electron chi connectivity index (χ4n) is 0.659. The van der Waals surface area contributed by atoms with Crippen LogP contribution in [0.5, 0.6) is 0 Å². The highest BCUT2D eigenvalue weighted by Crippen LogP contribution is 2.12. The van der Waals surface area contributed by atoms with Gasteiger partial charge in [-0.3, -0.25) is 0 Å². The van der Waals surface area contributed by atoms with E-state index < -0.39 is 0 Å². The zero-order valence-corrected chi connectivity index (χ0v) is 16.7. The minimum absolute atomic E-state index is 0.125. The lowest BCUT2D eigenvalue weighted by Gasteiger charge is -1.95. The van der Waals surface area contributed by atoms with E-state index in [0.29, 0.717) is 12.2 Å². The van der Waals surface area contributed by atoms with Crippen LogP contribution in [-0.4, -0.2) is 62.1 Å². The Kier molecular flexibility index (Phi) is 43.1. The average Bonchev–Trinajstić information content (AvgIpc) is 3.46. The van der Waals surface area contributed by atoms with Crippen LogP contribution in [0.15, 0.2) is 50.6 Å². The lowest BCUT2D eigenvalue weighted by atomic mass is 10.5. The van der Waals surface area contributed by atoms with Gasteiger partial charge in [-0.25, -0.2) is 0 Å². The molecule has 2 saturated heterocycles. The maximum absolute atomic E-state index is 7.62. The third-order valence-corrected chi connectivity index (χ3v) is 1.51. The smallest absolute Gasteiger partial charge is 0.104 e. The molecule has 2 aliphatic heterocycles. The van der Waals surface area contributed by atoms with E-state index in [1.54, 1.807) is 24.3 Å². The molecule has 2 aliphatic rings. The molecule has 5 nitrogen and oxygen atoms in total. The number of rotatable bonds is 5. The molecule has 0 radical (unpaired) electrons. The molecule has 150 valence electrons. The Morgan fingerprint density at radius 3 is 1.08 bits per heavy atom. The summed E-state index contributed by atoms with van der Waals surface area (Å²) in [6.45, 7) is 24.0. The fraction of sp³-hybridized carbons (Fsp3) is 0.600. The molecular weight excluding hydrogens is 320 g/mol. The summed E-state index contributed by atoms with van der Waals surface area (Å²) in [6, 6.07) is 0. The van der Waals surface area contributed by atoms with Crippen LogP contribution in [0.2, 0.25) is 0 Å². The predicted octanol–water partition coefficient (Wildman–Crippen LogP) is 3.54. The Morgan fingerprint density at radius 1 is 0.760 bits per heavy atom. The maximum atomic E-state index is 7.62. The van der Waals surface area contributed by atoms with Crippen LogP contribution in [0.1, 0.15) is 27.7 Å². The Balaban J connectivity index is -0.000000119. The first-order valence-electron chi connectivity index (χ1n) is 8.33. The molecule has 5 heteroatoms. The molecule has 0 aromatic rings. The zero-order chi connectivity index (χ0) is 20.3. The summed E-state index contributed by atoms with van der Waals surface area (Å²) in [5, 5.41) is 15.2. The van der Waals surface area contributed by atoms with Crippen LogP contribution >= 0.6 is 0 Å². The summed E-state index contributed by atoms with van der Waals surface area (Å²) in [5.74, 6) is 0. The van der Waals surface area contributed by atoms with Gasteiger partial charge < -0.3 is 24.4 Å². The summed E-state index contributed by atoms with van der Waals surface area (Å²) in [4.78, 5) is 0. The number of allylic oxidation sites excluding steroid dienone is 4. The Bertz CT molecular complexity index is 221. The fourth-order valence-corrected chi connectivity index (χ4v) is 0.659. The Hall–Kier alpha value is -1.24. The van der Waals surface area contributed by atoms with E-state index in [1.165, 1.54) is 0 Å². The quantitative estimate of drug-likeness (QED) is 0.579. The average molecular weight is 361 g/mol. The van der Waals surface area contributed by atoms with Crippen molar-refractivity contribution in [3.05, 3.63) is 50.6 Å². The molecular formula is C20H40O5. The molecule has 0 aromatic carbocycles. The molecule has 0 spiro atoms. The number of aliphatic hydroxyl groups is 2. The van der Waals surface area contributed by atoms with E-state index >= 15 is 0 Å². The highest BCUT2D eigenvalue weighted by molar-refractivity contribution is 4.71. The Labute approximate surface area is 155 Å². The summed E-state index contributed by atoms with van der Waals surface area (Å²) < 4.78 is 15.1. The lowest BCUT2D eigenvalue weighted by molar-refractivity contribution is 0.102. The van der Waals surface area contributed by atoms with Crippen molar-refractivity contribution in [3.63, 3.8) is 0 Å². The number of aliphatic hydroxyl groups excluding tert-OH is 2. The van der Waals surface area contributed by atoms with Crippen molar-refractivity contribution in [3.8, 4) is 0 Å². The van der Waals surface area contributed by atoms with Crippen LogP contribution < -0.4 is 0 Å². The van der Waals surface area contributed by atoms with E-state index in [2.05, 4.69) is 26.3 Å². The molecule has 0 bridgehead atoms. The van der Waals surface area contributed by atoms with Crippen molar-refractivity contribution < 1.29 is 24.4 Å². The topological polar surface area (TPSA) is 74.8 Å². The van der Waals surface area contributed by atoms with Crippen LogP contribution in [0, 0.1) is 0 Å². The third-order valence-electron chi connectivity index (χ3n) is 1.51. The molecule has 2 heterocycles. The standard InChI is InChI=1S/C6H10O3.4C3H6.C2H6O2/c1(5-3-8-5)7-2-6-4-9-6;4*1-3-2;3-1-2-4/h5-6H,1-4H2;4*3H,1H2,2H3;3-4H,1-2H2. The van der Waals surface area contributed by atoms with Crippen molar-refractivity contribution >= 4 is 0 Å². The van der Waals surface area contributed by atoms with Crippen molar-refractivity contribution in [2.75, 3.05) is 39.6 Å². The first-order chi connectivity index (χ1) is 12.0. The SMILES string of the molecule is C(OCC1CO1)C1CO1.C=CC.C=CC.C=CC.C=CC.OCCO. The highest BCUT2D eigenvalue weighted by atomic mass is 16.6. The largest absolute Gasteiger partial charge is 0.394 e. The maximum Gasteiger partial charge on any atom is 0.104 e. The van der Waals surface area contributed by atoms with Gasteiger partial charge in [0.2, 0.25) is 0 Å². The second-order valence-electron chi connectivity index (χ2n) is 4.53. The highest BCUT2D eigenvalue weighted by Gasteiger charge is 2.26. The van der Waals surface area contributed by atoms with Gasteiger partial charge in [0.05, 0.1) is 39.6 Å². The van der Waals surface area contributed by atoms with Crippen molar-refractivity contribution in [1.29, 1.82) is 0 Å². The Morgan fingerprint density at radius 2 is 0.960 bits per heavy atom. The number of hydrogen-bond acceptors (Lipinski definition) is 5. The summed E-state index contributed by atoms with van der Waals surface area (Å²) in [6.07, 6.45) is 7.78. The third kappa shape index (κ3) is 70.9. The van der Waals surface area contributed by atoms with E-state index in [-0.39, 0.29) is 13.2 Å². The van der Waals surface area contributed by atoms with E-state index in [9.17, 15) is 0 Å². The van der Waals surface area contributed by atoms with Crippen LogP contribution in [0.25, 0.3) is 0 Å². The molecule has 2 fully saturated rings. The van der Waals surface area contributed by atoms with Crippen LogP contribution in [0.3, 0.4) is 0 Å². The van der Waals surface area contributed by atoms with Gasteiger partial charge in [-0.15, -0.1) is 26.3 Å². The molecule has 0 aliphatic carbocycles. The van der Waals surface area contributed by atoms with Crippen molar-refractivity contribution in [2.45, 2.75) is 39.9 Å². The molecule has 2 N–H and O–H groups in total. The first kappa shape index (κ1) is 31.5. The van der Waals surface area contributed by atoms with Gasteiger partial charge in [0, 0.05) is 0 Å². The monoisotopic (exact) mass is 360 g/mol. The summed E-state index contributed by atoms with van der Waals surface area (Å²) in [7, 11) is 0. The molecule has 0 amide bonds. The minimum atomic E-state index is -0.125. The second kappa shape index (κ2) is 34.2. The normalized spacial score (nSPS) is 17.2. The molecule has 0 aromatic heterocycles. The summed E-state index contributed by atoms with van der Waals surface area (Å²) >= 11 is 0. The molecule has 25 heavy (non-hydrogen) atoms. The zero-order valence-electron chi connectivity index (χ0n) is 16.7. The van der Waals surface area contributed by atoms with Crippen LogP contribution in [0.4, 0.5) is 0 Å². The van der Waals surface area contributed by atoms with E-state index in [1.807, 2.05) is 27.7 Å². The molecule has 2 unspecified atom stereocenters. The lowest BCUT2D eigenvalue weighted by Crippen LogP contribution is -2.06. The first-order valence-corrected chi connectivity index (χ1v) is 8.33. The van der Waals surface area contributed by atoms with Crippen LogP contribution in [-0.2, 0) is 14.2 Å². The van der Waals surface area contributed by atoms with Crippen molar-refractivity contribution in [1.82, 2.24) is 0 Å². The molecule has 0 saturated carbocycles. The molecule has 2 rings (SSSR count). The van der Waals surface area contributed by atoms with Gasteiger partial charge in [-0.2, -0.15) is 0 Å². The second-order valence-corrected chi connectivity index (χ2v) is 4.53. The van der Waals surface area contributed by atoms with Gasteiger partial charge in [0.1, 0.15) is 12.2 Å². The van der Waals surface area contributed by atoms with Crippen molar-refractivity contribution in [2.24, 2.45) is 0 Å². The van der Waals surface area contributed by atoms with Gasteiger partial charge in [0.25, 0.3) is 0 Å². The van der Waals surface area contributed by atoms with E-state index in [4.69, 9.17) is 24.4 Å². The van der Waals surface area contributed by atoms with Gasteiger partial charge >= 0.3 is 0 Å². The number of hydrogen-bond donors (Lipinski definition) is 2. The van der Waals surface area contributed by atoms with E-state index in [0.717, 1.165) is 26.4 Å². The minimum Gasteiger partial charge on any atom is -0.394 e. The molecule has 2 atom stereocenters. The number of epoxide rings is 2.